The van der Waals surface area contributed by atoms with E-state index in [1.54, 1.807) is 30.2 Å². The molecule has 7 nitrogen and oxygen atoms in total. The molecule has 0 saturated heterocycles. The van der Waals surface area contributed by atoms with Gasteiger partial charge in [-0.15, -0.1) is 0 Å². The number of carbonyl (C=O) groups excluding carboxylic acids is 2. The molecule has 2 amide bonds. The largest absolute Gasteiger partial charge is 0.332 e. The molecule has 1 N–H and O–H groups in total. The number of hydrogen-bond acceptors (Lipinski definition) is 4. The minimum atomic E-state index is -0.246. The maximum absolute atomic E-state index is 12.6. The summed E-state index contributed by atoms with van der Waals surface area (Å²) in [6.45, 7) is 2.46. The van der Waals surface area contributed by atoms with Crippen molar-refractivity contribution in [1.29, 1.82) is 0 Å². The summed E-state index contributed by atoms with van der Waals surface area (Å²) in [5.74, 6) is -0.459. The van der Waals surface area contributed by atoms with Crippen molar-refractivity contribution in [3.05, 3.63) is 76.3 Å². The second-order valence-electron chi connectivity index (χ2n) is 6.46. The predicted octanol–water partition coefficient (Wildman–Crippen LogP) is 3.11. The van der Waals surface area contributed by atoms with Gasteiger partial charge in [0.1, 0.15) is 12.7 Å². The summed E-state index contributed by atoms with van der Waals surface area (Å²) in [6, 6.07) is 12.8. The van der Waals surface area contributed by atoms with Crippen molar-refractivity contribution in [1.82, 2.24) is 19.7 Å². The van der Waals surface area contributed by atoms with Crippen LogP contribution in [0.4, 0.5) is 5.69 Å². The van der Waals surface area contributed by atoms with Crippen molar-refractivity contribution in [3.63, 3.8) is 0 Å². The highest BCUT2D eigenvalue weighted by atomic mass is 79.9. The topological polar surface area (TPSA) is 80.1 Å². The first-order valence-electron chi connectivity index (χ1n) is 8.65. The Bertz CT molecular complexity index is 971. The molecule has 0 aliphatic heterocycles. The average molecular weight is 442 g/mol. The minimum absolute atomic E-state index is 0.0327. The number of nitrogens with one attached hydrogen (secondary N) is 1. The number of benzene rings is 2. The number of carbonyl (C=O) groups is 2. The Hall–Kier alpha value is -3.00. The number of nitrogens with zero attached hydrogens (tertiary/aromatic N) is 4. The van der Waals surface area contributed by atoms with Gasteiger partial charge in [0.25, 0.3) is 5.91 Å². The highest BCUT2D eigenvalue weighted by Gasteiger charge is 2.15. The summed E-state index contributed by atoms with van der Waals surface area (Å²) in [5.41, 5.74) is 3.21. The van der Waals surface area contributed by atoms with Gasteiger partial charge in [0, 0.05) is 22.8 Å². The van der Waals surface area contributed by atoms with Crippen molar-refractivity contribution in [3.8, 4) is 0 Å². The van der Waals surface area contributed by atoms with E-state index in [1.807, 2.05) is 37.3 Å². The monoisotopic (exact) mass is 441 g/mol. The molecule has 0 spiro atoms. The summed E-state index contributed by atoms with van der Waals surface area (Å²) in [4.78, 5) is 30.2. The van der Waals surface area contributed by atoms with Gasteiger partial charge in [-0.2, -0.15) is 5.10 Å². The number of amides is 2. The number of likely N-dealkylation sites (N-methyl/N-ethyl adjacent to an activating group) is 1. The third-order valence-corrected chi connectivity index (χ3v) is 4.70. The number of aryl methyl sites for hydroxylation is 1. The van der Waals surface area contributed by atoms with Crippen molar-refractivity contribution < 1.29 is 9.59 Å². The zero-order chi connectivity index (χ0) is 20.1. The smallest absolute Gasteiger partial charge is 0.254 e. The van der Waals surface area contributed by atoms with Gasteiger partial charge in [-0.05, 0) is 48.4 Å². The highest BCUT2D eigenvalue weighted by molar-refractivity contribution is 9.10. The summed E-state index contributed by atoms with van der Waals surface area (Å²) in [5, 5.41) is 6.90. The van der Waals surface area contributed by atoms with E-state index in [2.05, 4.69) is 31.3 Å². The van der Waals surface area contributed by atoms with Crippen LogP contribution in [0, 0.1) is 6.92 Å². The molecule has 3 rings (SSSR count). The lowest BCUT2D eigenvalue weighted by molar-refractivity contribution is -0.116. The molecule has 0 unspecified atom stereocenters. The number of anilines is 1. The Morgan fingerprint density at radius 2 is 1.93 bits per heavy atom. The molecule has 2 aromatic carbocycles. The van der Waals surface area contributed by atoms with Crippen LogP contribution in [0.2, 0.25) is 0 Å². The zero-order valence-electron chi connectivity index (χ0n) is 15.6. The SMILES string of the molecule is Cc1cc(Br)ccc1NC(=O)CN(C)C(=O)c1ccc(Cn2cncn2)cc1. The number of aromatic nitrogens is 3. The average Bonchev–Trinajstić information content (AvgIpc) is 3.17. The number of halogens is 1. The molecule has 0 radical (unpaired) electrons. The lowest BCUT2D eigenvalue weighted by atomic mass is 10.1. The quantitative estimate of drug-likeness (QED) is 0.636. The minimum Gasteiger partial charge on any atom is -0.332 e. The van der Waals surface area contributed by atoms with Crippen LogP contribution in [-0.4, -0.2) is 45.1 Å². The van der Waals surface area contributed by atoms with E-state index in [1.165, 1.54) is 11.2 Å². The lowest BCUT2D eigenvalue weighted by Crippen LogP contribution is -2.35. The van der Waals surface area contributed by atoms with Gasteiger partial charge in [-0.1, -0.05) is 28.1 Å². The Kier molecular flexibility index (Phi) is 6.20. The first-order chi connectivity index (χ1) is 13.4. The summed E-state index contributed by atoms with van der Waals surface area (Å²) in [6.07, 6.45) is 3.12. The molecule has 28 heavy (non-hydrogen) atoms. The number of rotatable bonds is 6. The van der Waals surface area contributed by atoms with Crippen molar-refractivity contribution in [2.75, 3.05) is 18.9 Å². The fourth-order valence-electron chi connectivity index (χ4n) is 2.72. The van der Waals surface area contributed by atoms with Gasteiger partial charge in [0.15, 0.2) is 0 Å². The molecule has 3 aromatic rings. The maximum Gasteiger partial charge on any atom is 0.254 e. The van der Waals surface area contributed by atoms with Gasteiger partial charge in [0.05, 0.1) is 13.1 Å². The van der Waals surface area contributed by atoms with Gasteiger partial charge >= 0.3 is 0 Å². The molecule has 0 aliphatic rings. The molecule has 0 aliphatic carbocycles. The van der Waals surface area contributed by atoms with E-state index >= 15 is 0 Å². The molecular weight excluding hydrogens is 422 g/mol. The Labute approximate surface area is 171 Å². The second kappa shape index (κ2) is 8.79. The first-order valence-corrected chi connectivity index (χ1v) is 9.44. The second-order valence-corrected chi connectivity index (χ2v) is 7.37. The Balaban J connectivity index is 1.58. The normalized spacial score (nSPS) is 10.5. The van der Waals surface area contributed by atoms with Crippen LogP contribution in [-0.2, 0) is 11.3 Å². The fourth-order valence-corrected chi connectivity index (χ4v) is 3.19. The molecule has 0 atom stereocenters. The summed E-state index contributed by atoms with van der Waals surface area (Å²) >= 11 is 3.40. The third-order valence-electron chi connectivity index (χ3n) is 4.20. The molecule has 0 fully saturated rings. The maximum atomic E-state index is 12.6. The van der Waals surface area contributed by atoms with Gasteiger partial charge in [-0.3, -0.25) is 9.59 Å². The molecule has 0 bridgehead atoms. The van der Waals surface area contributed by atoms with E-state index in [-0.39, 0.29) is 18.4 Å². The first kappa shape index (κ1) is 19.8. The molecular formula is C20H20BrN5O2. The molecule has 1 heterocycles. The zero-order valence-corrected chi connectivity index (χ0v) is 17.2. The molecule has 0 saturated carbocycles. The van der Waals surface area contributed by atoms with Crippen molar-refractivity contribution in [2.24, 2.45) is 0 Å². The predicted molar refractivity (Wildman–Crippen MR) is 110 cm³/mol. The molecule has 144 valence electrons. The fraction of sp³-hybridized carbons (Fsp3) is 0.200. The Morgan fingerprint density at radius 3 is 2.57 bits per heavy atom. The summed E-state index contributed by atoms with van der Waals surface area (Å²) in [7, 11) is 1.61. The summed E-state index contributed by atoms with van der Waals surface area (Å²) < 4.78 is 2.65. The van der Waals surface area contributed by atoms with Crippen LogP contribution >= 0.6 is 15.9 Å². The van der Waals surface area contributed by atoms with Crippen molar-refractivity contribution in [2.45, 2.75) is 13.5 Å². The van der Waals surface area contributed by atoms with Gasteiger partial charge < -0.3 is 10.2 Å². The number of hydrogen-bond donors (Lipinski definition) is 1. The lowest BCUT2D eigenvalue weighted by Gasteiger charge is -2.17. The van der Waals surface area contributed by atoms with E-state index in [0.717, 1.165) is 21.3 Å². The van der Waals surface area contributed by atoms with Crippen molar-refractivity contribution >= 4 is 33.4 Å². The van der Waals surface area contributed by atoms with Crippen LogP contribution in [0.25, 0.3) is 0 Å². The van der Waals surface area contributed by atoms with Gasteiger partial charge in [-0.25, -0.2) is 9.67 Å². The van der Waals surface area contributed by atoms with Gasteiger partial charge in [0.2, 0.25) is 5.91 Å². The highest BCUT2D eigenvalue weighted by Crippen LogP contribution is 2.20. The Morgan fingerprint density at radius 1 is 1.18 bits per heavy atom. The van der Waals surface area contributed by atoms with E-state index in [0.29, 0.717) is 12.1 Å². The molecule has 1 aromatic heterocycles. The van der Waals surface area contributed by atoms with E-state index in [9.17, 15) is 9.59 Å². The van der Waals surface area contributed by atoms with Crippen LogP contribution < -0.4 is 5.32 Å². The van der Waals surface area contributed by atoms with Crippen LogP contribution in [0.15, 0.2) is 59.6 Å². The van der Waals surface area contributed by atoms with E-state index < -0.39 is 0 Å². The molecule has 8 heteroatoms. The van der Waals surface area contributed by atoms with Crippen LogP contribution in [0.3, 0.4) is 0 Å². The third kappa shape index (κ3) is 5.04. The van der Waals surface area contributed by atoms with E-state index in [4.69, 9.17) is 0 Å². The van der Waals surface area contributed by atoms with Crippen LogP contribution in [0.1, 0.15) is 21.5 Å². The van der Waals surface area contributed by atoms with Crippen LogP contribution in [0.5, 0.6) is 0 Å². The standard InChI is InChI=1S/C20H20BrN5O2/c1-14-9-17(21)7-8-18(14)24-19(27)11-25(2)20(28)16-5-3-15(4-6-16)10-26-13-22-12-23-26/h3-9,12-13H,10-11H2,1-2H3,(H,24,27).